The number of carbonyl (C=O) groups excluding carboxylic acids is 1. The van der Waals surface area contributed by atoms with Gasteiger partial charge < -0.3 is 5.32 Å². The largest absolute Gasteiger partial charge is 0.332 e. The summed E-state index contributed by atoms with van der Waals surface area (Å²) in [5.74, 6) is 0.0262. The van der Waals surface area contributed by atoms with Gasteiger partial charge in [-0.1, -0.05) is 6.07 Å². The summed E-state index contributed by atoms with van der Waals surface area (Å²) in [6.07, 6.45) is 9.19. The summed E-state index contributed by atoms with van der Waals surface area (Å²) in [5.41, 5.74) is 5.73. The number of benzene rings is 1. The standard InChI is InChI=1S/C20H27N3O3S/c24-19(22-27(25,26)13-20(8-9-20)23-10-3-11-23)21-18-16-6-1-4-14(16)12-15-5-2-7-17(15)18/h12H,1-11,13H2,(H2,21,22,24). The first-order chi connectivity index (χ1) is 13.0. The van der Waals surface area contributed by atoms with E-state index in [1.165, 1.54) is 22.3 Å². The summed E-state index contributed by atoms with van der Waals surface area (Å²) in [5, 5.41) is 2.92. The lowest BCUT2D eigenvalue weighted by molar-refractivity contribution is 0.114. The first kappa shape index (κ1) is 17.5. The highest BCUT2D eigenvalue weighted by Gasteiger charge is 2.52. The average Bonchev–Trinajstić information content (AvgIpc) is 2.97. The van der Waals surface area contributed by atoms with Crippen molar-refractivity contribution in [2.45, 2.75) is 63.3 Å². The molecule has 0 spiro atoms. The van der Waals surface area contributed by atoms with Crippen molar-refractivity contribution in [1.82, 2.24) is 9.62 Å². The average molecular weight is 390 g/mol. The number of hydrogen-bond acceptors (Lipinski definition) is 4. The molecule has 7 heteroatoms. The van der Waals surface area contributed by atoms with E-state index < -0.39 is 16.1 Å². The second-order valence-corrected chi connectivity index (χ2v) is 10.3. The summed E-state index contributed by atoms with van der Waals surface area (Å²) in [7, 11) is -3.65. The molecule has 27 heavy (non-hydrogen) atoms. The lowest BCUT2D eigenvalue weighted by atomic mass is 9.99. The van der Waals surface area contributed by atoms with Crippen LogP contribution in [-0.2, 0) is 35.7 Å². The molecule has 1 heterocycles. The van der Waals surface area contributed by atoms with Crippen LogP contribution in [0.1, 0.15) is 54.4 Å². The fourth-order valence-electron chi connectivity index (χ4n) is 5.12. The molecule has 1 saturated carbocycles. The third-order valence-electron chi connectivity index (χ3n) is 6.77. The van der Waals surface area contributed by atoms with Gasteiger partial charge in [0.2, 0.25) is 10.0 Å². The Morgan fingerprint density at radius 2 is 1.63 bits per heavy atom. The Labute approximate surface area is 160 Å². The number of sulfonamides is 1. The molecular weight excluding hydrogens is 362 g/mol. The van der Waals surface area contributed by atoms with Crippen LogP contribution in [0, 0.1) is 0 Å². The van der Waals surface area contributed by atoms with Crippen LogP contribution in [0.4, 0.5) is 10.5 Å². The van der Waals surface area contributed by atoms with Crippen LogP contribution < -0.4 is 10.0 Å². The van der Waals surface area contributed by atoms with Crippen molar-refractivity contribution in [2.75, 3.05) is 24.2 Å². The second-order valence-electron chi connectivity index (χ2n) is 8.61. The van der Waals surface area contributed by atoms with E-state index in [9.17, 15) is 13.2 Å². The van der Waals surface area contributed by atoms with E-state index in [1.54, 1.807) is 0 Å². The summed E-state index contributed by atoms with van der Waals surface area (Å²) >= 11 is 0. The molecule has 0 atom stereocenters. The molecule has 0 radical (unpaired) electrons. The number of carbonyl (C=O) groups is 1. The van der Waals surface area contributed by atoms with Crippen LogP contribution in [0.2, 0.25) is 0 Å². The zero-order valence-electron chi connectivity index (χ0n) is 15.6. The Morgan fingerprint density at radius 1 is 1.00 bits per heavy atom. The fourth-order valence-corrected chi connectivity index (χ4v) is 6.71. The number of hydrogen-bond donors (Lipinski definition) is 2. The molecular formula is C20H27N3O3S. The van der Waals surface area contributed by atoms with Gasteiger partial charge in [-0.05, 0) is 93.1 Å². The zero-order chi connectivity index (χ0) is 18.6. The van der Waals surface area contributed by atoms with Crippen LogP contribution in [0.5, 0.6) is 0 Å². The van der Waals surface area contributed by atoms with E-state index >= 15 is 0 Å². The van der Waals surface area contributed by atoms with Crippen LogP contribution in [0.25, 0.3) is 0 Å². The minimum absolute atomic E-state index is 0.0262. The van der Waals surface area contributed by atoms with Gasteiger partial charge in [0.25, 0.3) is 0 Å². The lowest BCUT2D eigenvalue weighted by Gasteiger charge is -2.38. The molecule has 2 fully saturated rings. The molecule has 0 aromatic heterocycles. The zero-order valence-corrected chi connectivity index (χ0v) is 16.5. The highest BCUT2D eigenvalue weighted by Crippen LogP contribution is 2.45. The maximum atomic E-state index is 12.6. The summed E-state index contributed by atoms with van der Waals surface area (Å²) in [4.78, 5) is 14.8. The van der Waals surface area contributed by atoms with E-state index in [0.717, 1.165) is 76.6 Å². The SMILES string of the molecule is O=C(Nc1c2c(cc3c1CCC3)CCC2)NS(=O)(=O)CC1(N2CCC2)CC1. The van der Waals surface area contributed by atoms with E-state index in [0.29, 0.717) is 0 Å². The molecule has 4 aliphatic rings. The number of nitrogens with one attached hydrogen (secondary N) is 2. The predicted octanol–water partition coefficient (Wildman–Crippen LogP) is 2.35. The first-order valence-corrected chi connectivity index (χ1v) is 11.8. The number of nitrogens with zero attached hydrogens (tertiary/aromatic N) is 1. The van der Waals surface area contributed by atoms with Gasteiger partial charge in [0.05, 0.1) is 5.75 Å². The number of amides is 2. The lowest BCUT2D eigenvalue weighted by Crippen LogP contribution is -2.52. The molecule has 0 unspecified atom stereocenters. The molecule has 2 amide bonds. The van der Waals surface area contributed by atoms with Crippen molar-refractivity contribution in [1.29, 1.82) is 0 Å². The normalized spacial score (nSPS) is 22.7. The van der Waals surface area contributed by atoms with Crippen LogP contribution in [-0.4, -0.2) is 43.7 Å². The van der Waals surface area contributed by atoms with Gasteiger partial charge in [-0.3, -0.25) is 4.90 Å². The topological polar surface area (TPSA) is 78.5 Å². The monoisotopic (exact) mass is 389 g/mol. The molecule has 1 aromatic carbocycles. The number of anilines is 1. The Kier molecular flexibility index (Phi) is 4.02. The number of urea groups is 1. The quantitative estimate of drug-likeness (QED) is 0.810. The Hall–Kier alpha value is -1.60. The third-order valence-corrected chi connectivity index (χ3v) is 8.19. The van der Waals surface area contributed by atoms with Gasteiger partial charge in [-0.2, -0.15) is 0 Å². The van der Waals surface area contributed by atoms with Crippen molar-refractivity contribution in [3.63, 3.8) is 0 Å². The van der Waals surface area contributed by atoms with E-state index in [1.807, 2.05) is 0 Å². The molecule has 1 saturated heterocycles. The Morgan fingerprint density at radius 3 is 2.15 bits per heavy atom. The molecule has 1 aliphatic heterocycles. The van der Waals surface area contributed by atoms with Crippen molar-refractivity contribution in [3.05, 3.63) is 28.3 Å². The second kappa shape index (κ2) is 6.21. The highest BCUT2D eigenvalue weighted by atomic mass is 32.2. The number of rotatable bonds is 5. The Bertz CT molecular complexity index is 869. The van der Waals surface area contributed by atoms with Crippen LogP contribution in [0.15, 0.2) is 6.07 Å². The molecule has 6 nitrogen and oxygen atoms in total. The van der Waals surface area contributed by atoms with E-state index in [-0.39, 0.29) is 11.3 Å². The van der Waals surface area contributed by atoms with Crippen molar-refractivity contribution in [2.24, 2.45) is 0 Å². The number of likely N-dealkylation sites (tertiary alicyclic amines) is 1. The van der Waals surface area contributed by atoms with E-state index in [2.05, 4.69) is 21.0 Å². The van der Waals surface area contributed by atoms with Crippen LogP contribution >= 0.6 is 0 Å². The van der Waals surface area contributed by atoms with Crippen LogP contribution in [0.3, 0.4) is 0 Å². The molecule has 3 aliphatic carbocycles. The molecule has 0 bridgehead atoms. The van der Waals surface area contributed by atoms with Crippen molar-refractivity contribution in [3.8, 4) is 0 Å². The minimum atomic E-state index is -3.65. The minimum Gasteiger partial charge on any atom is -0.307 e. The highest BCUT2D eigenvalue weighted by molar-refractivity contribution is 7.90. The summed E-state index contributed by atoms with van der Waals surface area (Å²) in [6, 6.07) is 1.69. The van der Waals surface area contributed by atoms with E-state index in [4.69, 9.17) is 0 Å². The van der Waals surface area contributed by atoms with Gasteiger partial charge in [0.15, 0.2) is 0 Å². The molecule has 5 rings (SSSR count). The summed E-state index contributed by atoms with van der Waals surface area (Å²) < 4.78 is 27.5. The predicted molar refractivity (Wildman–Crippen MR) is 105 cm³/mol. The first-order valence-electron chi connectivity index (χ1n) is 10.2. The smallest absolute Gasteiger partial charge is 0.307 e. The van der Waals surface area contributed by atoms with Crippen molar-refractivity contribution < 1.29 is 13.2 Å². The molecule has 146 valence electrons. The Balaban J connectivity index is 1.31. The van der Waals surface area contributed by atoms with Gasteiger partial charge in [0.1, 0.15) is 0 Å². The fraction of sp³-hybridized carbons (Fsp3) is 0.650. The molecule has 1 aromatic rings. The van der Waals surface area contributed by atoms with Crippen molar-refractivity contribution >= 4 is 21.7 Å². The van der Waals surface area contributed by atoms with Gasteiger partial charge in [0, 0.05) is 11.2 Å². The molecule has 2 N–H and O–H groups in total. The third kappa shape index (κ3) is 3.14. The van der Waals surface area contributed by atoms with Gasteiger partial charge >= 0.3 is 6.03 Å². The maximum Gasteiger partial charge on any atom is 0.332 e. The van der Waals surface area contributed by atoms with Gasteiger partial charge in [-0.15, -0.1) is 0 Å². The number of aryl methyl sites for hydroxylation is 2. The summed E-state index contributed by atoms with van der Waals surface area (Å²) in [6.45, 7) is 1.95. The van der Waals surface area contributed by atoms with Gasteiger partial charge in [-0.25, -0.2) is 17.9 Å². The maximum absolute atomic E-state index is 12.6. The number of fused-ring (bicyclic) bond motifs is 2.